The first-order valence-electron chi connectivity index (χ1n) is 7.53. The van der Waals surface area contributed by atoms with Crippen LogP contribution in [0.1, 0.15) is 18.4 Å². The Kier molecular flexibility index (Phi) is 4.87. The average molecular weight is 283 g/mol. The third-order valence-corrected chi connectivity index (χ3v) is 3.69. The zero-order chi connectivity index (χ0) is 14.3. The van der Waals surface area contributed by atoms with Crippen molar-refractivity contribution in [2.24, 2.45) is 0 Å². The van der Waals surface area contributed by atoms with E-state index in [1.807, 2.05) is 42.5 Å². The minimum Gasteiger partial charge on any atom is -0.457 e. The number of hydrogen-bond donors (Lipinski definition) is 1. The van der Waals surface area contributed by atoms with Gasteiger partial charge < -0.3 is 14.8 Å². The minimum absolute atomic E-state index is 0.567. The van der Waals surface area contributed by atoms with Crippen LogP contribution in [0.15, 0.2) is 54.6 Å². The fourth-order valence-electron chi connectivity index (χ4n) is 2.51. The Labute approximate surface area is 125 Å². The fourth-order valence-corrected chi connectivity index (χ4v) is 2.51. The second-order valence-corrected chi connectivity index (χ2v) is 5.33. The normalized spacial score (nSPS) is 15.8. The highest BCUT2D eigenvalue weighted by Gasteiger charge is 2.12. The van der Waals surface area contributed by atoms with Gasteiger partial charge in [0.15, 0.2) is 0 Å². The summed E-state index contributed by atoms with van der Waals surface area (Å²) in [6, 6.07) is 18.7. The summed E-state index contributed by atoms with van der Waals surface area (Å²) in [5.74, 6) is 1.75. The molecule has 0 unspecified atom stereocenters. The van der Waals surface area contributed by atoms with Gasteiger partial charge in [-0.05, 0) is 42.7 Å². The summed E-state index contributed by atoms with van der Waals surface area (Å²) in [6.07, 6.45) is 2.19. The van der Waals surface area contributed by atoms with Crippen molar-refractivity contribution >= 4 is 0 Å². The first-order valence-corrected chi connectivity index (χ1v) is 7.53. The van der Waals surface area contributed by atoms with E-state index in [1.54, 1.807) is 0 Å². The highest BCUT2D eigenvalue weighted by molar-refractivity contribution is 5.33. The summed E-state index contributed by atoms with van der Waals surface area (Å²) in [4.78, 5) is 0. The van der Waals surface area contributed by atoms with E-state index < -0.39 is 0 Å². The lowest BCUT2D eigenvalue weighted by Gasteiger charge is -2.23. The number of nitrogens with one attached hydrogen (secondary N) is 1. The van der Waals surface area contributed by atoms with E-state index in [9.17, 15) is 0 Å². The van der Waals surface area contributed by atoms with Gasteiger partial charge in [-0.15, -0.1) is 0 Å². The maximum atomic E-state index is 5.86. The van der Waals surface area contributed by atoms with Crippen molar-refractivity contribution in [3.63, 3.8) is 0 Å². The topological polar surface area (TPSA) is 30.5 Å². The van der Waals surface area contributed by atoms with Crippen molar-refractivity contribution in [1.29, 1.82) is 0 Å². The SMILES string of the molecule is c1ccc(Oc2cccc(CNC3CCOCC3)c2)cc1. The molecule has 1 N–H and O–H groups in total. The first-order chi connectivity index (χ1) is 10.4. The summed E-state index contributed by atoms with van der Waals surface area (Å²) in [6.45, 7) is 2.61. The number of rotatable bonds is 5. The van der Waals surface area contributed by atoms with Crippen LogP contribution in [0.2, 0.25) is 0 Å². The minimum atomic E-state index is 0.567. The molecule has 21 heavy (non-hydrogen) atoms. The van der Waals surface area contributed by atoms with Crippen molar-refractivity contribution in [3.8, 4) is 11.5 Å². The molecule has 0 saturated carbocycles. The Morgan fingerprint density at radius 2 is 1.71 bits per heavy atom. The van der Waals surface area contributed by atoms with E-state index in [-0.39, 0.29) is 0 Å². The second-order valence-electron chi connectivity index (χ2n) is 5.33. The van der Waals surface area contributed by atoms with Gasteiger partial charge in [-0.25, -0.2) is 0 Å². The van der Waals surface area contributed by atoms with E-state index in [0.717, 1.165) is 44.1 Å². The lowest BCUT2D eigenvalue weighted by atomic mass is 10.1. The molecule has 0 amide bonds. The molecule has 2 aromatic rings. The van der Waals surface area contributed by atoms with Gasteiger partial charge in [0.1, 0.15) is 11.5 Å². The average Bonchev–Trinajstić information content (AvgIpc) is 2.55. The van der Waals surface area contributed by atoms with Crippen LogP contribution in [0.5, 0.6) is 11.5 Å². The smallest absolute Gasteiger partial charge is 0.127 e. The maximum absolute atomic E-state index is 5.86. The highest BCUT2D eigenvalue weighted by Crippen LogP contribution is 2.22. The van der Waals surface area contributed by atoms with Crippen molar-refractivity contribution in [2.75, 3.05) is 13.2 Å². The van der Waals surface area contributed by atoms with Crippen LogP contribution in [-0.2, 0) is 11.3 Å². The largest absolute Gasteiger partial charge is 0.457 e. The molecule has 1 aliphatic rings. The summed E-state index contributed by atoms with van der Waals surface area (Å²) in [7, 11) is 0. The van der Waals surface area contributed by atoms with Crippen LogP contribution >= 0.6 is 0 Å². The van der Waals surface area contributed by atoms with Gasteiger partial charge >= 0.3 is 0 Å². The molecule has 1 heterocycles. The molecule has 3 nitrogen and oxygen atoms in total. The van der Waals surface area contributed by atoms with E-state index in [4.69, 9.17) is 9.47 Å². The number of para-hydroxylation sites is 1. The van der Waals surface area contributed by atoms with Gasteiger partial charge in [0, 0.05) is 25.8 Å². The van der Waals surface area contributed by atoms with E-state index in [2.05, 4.69) is 17.4 Å². The summed E-state index contributed by atoms with van der Waals surface area (Å²) in [5, 5.41) is 3.59. The van der Waals surface area contributed by atoms with Crippen molar-refractivity contribution in [3.05, 3.63) is 60.2 Å². The van der Waals surface area contributed by atoms with Crippen LogP contribution < -0.4 is 10.1 Å². The Morgan fingerprint density at radius 3 is 2.52 bits per heavy atom. The first kappa shape index (κ1) is 14.1. The number of ether oxygens (including phenoxy) is 2. The molecule has 3 rings (SSSR count). The van der Waals surface area contributed by atoms with Gasteiger partial charge in [0.2, 0.25) is 0 Å². The van der Waals surface area contributed by atoms with Crippen LogP contribution in [0.25, 0.3) is 0 Å². The lowest BCUT2D eigenvalue weighted by molar-refractivity contribution is 0.0776. The third kappa shape index (κ3) is 4.31. The quantitative estimate of drug-likeness (QED) is 0.906. The van der Waals surface area contributed by atoms with Gasteiger partial charge in [0.05, 0.1) is 0 Å². The Hall–Kier alpha value is -1.84. The molecule has 1 fully saturated rings. The zero-order valence-electron chi connectivity index (χ0n) is 12.1. The fraction of sp³-hybridized carbons (Fsp3) is 0.333. The summed E-state index contributed by atoms with van der Waals surface area (Å²) in [5.41, 5.74) is 1.25. The van der Waals surface area contributed by atoms with Crippen LogP contribution in [0.4, 0.5) is 0 Å². The predicted octanol–water partition coefficient (Wildman–Crippen LogP) is 3.75. The molecule has 0 aromatic heterocycles. The molecule has 0 bridgehead atoms. The predicted molar refractivity (Wildman–Crippen MR) is 83.6 cm³/mol. The third-order valence-electron chi connectivity index (χ3n) is 3.69. The van der Waals surface area contributed by atoms with E-state index in [0.29, 0.717) is 6.04 Å². The molecule has 0 atom stereocenters. The Balaban J connectivity index is 1.57. The number of benzene rings is 2. The molecule has 2 aromatic carbocycles. The van der Waals surface area contributed by atoms with E-state index >= 15 is 0 Å². The molecule has 110 valence electrons. The van der Waals surface area contributed by atoms with Crippen molar-refractivity contribution in [2.45, 2.75) is 25.4 Å². The monoisotopic (exact) mass is 283 g/mol. The Bertz CT molecular complexity index is 550. The molecular weight excluding hydrogens is 262 g/mol. The molecular formula is C18H21NO2. The van der Waals surface area contributed by atoms with Gasteiger partial charge in [0.25, 0.3) is 0 Å². The van der Waals surface area contributed by atoms with Gasteiger partial charge in [-0.3, -0.25) is 0 Å². The van der Waals surface area contributed by atoms with E-state index in [1.165, 1.54) is 5.56 Å². The van der Waals surface area contributed by atoms with Crippen molar-refractivity contribution in [1.82, 2.24) is 5.32 Å². The molecule has 1 saturated heterocycles. The van der Waals surface area contributed by atoms with Crippen LogP contribution in [0, 0.1) is 0 Å². The van der Waals surface area contributed by atoms with Crippen LogP contribution in [-0.4, -0.2) is 19.3 Å². The molecule has 3 heteroatoms. The molecule has 0 aliphatic carbocycles. The van der Waals surface area contributed by atoms with Crippen LogP contribution in [0.3, 0.4) is 0 Å². The molecule has 0 spiro atoms. The second kappa shape index (κ2) is 7.25. The Morgan fingerprint density at radius 1 is 0.952 bits per heavy atom. The van der Waals surface area contributed by atoms with Gasteiger partial charge in [-0.1, -0.05) is 30.3 Å². The van der Waals surface area contributed by atoms with Crippen molar-refractivity contribution < 1.29 is 9.47 Å². The highest BCUT2D eigenvalue weighted by atomic mass is 16.5. The zero-order valence-corrected chi connectivity index (χ0v) is 12.1. The summed E-state index contributed by atoms with van der Waals surface area (Å²) < 4.78 is 11.2. The lowest BCUT2D eigenvalue weighted by Crippen LogP contribution is -2.34. The standard InChI is InChI=1S/C18H21NO2/c1-2-6-17(7-3-1)21-18-8-4-5-15(13-18)14-19-16-9-11-20-12-10-16/h1-8,13,16,19H,9-12,14H2. The number of hydrogen-bond acceptors (Lipinski definition) is 3. The maximum Gasteiger partial charge on any atom is 0.127 e. The van der Waals surface area contributed by atoms with Gasteiger partial charge in [-0.2, -0.15) is 0 Å². The molecule has 1 aliphatic heterocycles. The molecule has 0 radical (unpaired) electrons. The summed E-state index contributed by atoms with van der Waals surface area (Å²) >= 11 is 0.